The van der Waals surface area contributed by atoms with Gasteiger partial charge >= 0.3 is 0 Å². The molecule has 0 fully saturated rings. The van der Waals surface area contributed by atoms with Crippen molar-refractivity contribution in [3.05, 3.63) is 63.9 Å². The topological polar surface area (TPSA) is 35.8 Å². The molecule has 20 heavy (non-hydrogen) atoms. The first-order valence-corrected chi connectivity index (χ1v) is 7.17. The van der Waals surface area contributed by atoms with Crippen LogP contribution in [-0.4, -0.2) is 0 Å². The highest BCUT2D eigenvalue weighted by Crippen LogP contribution is 2.40. The molecule has 0 heterocycles. The molecule has 0 radical (unpaired) electrons. The summed E-state index contributed by atoms with van der Waals surface area (Å²) >= 11 is 3.48. The molecule has 1 aliphatic rings. The van der Waals surface area contributed by atoms with Crippen LogP contribution < -0.4 is 5.32 Å². The van der Waals surface area contributed by atoms with Gasteiger partial charge in [0.1, 0.15) is 5.82 Å². The van der Waals surface area contributed by atoms with Crippen LogP contribution >= 0.6 is 15.9 Å². The molecule has 0 aromatic heterocycles. The number of nitrogens with one attached hydrogen (secondary N) is 1. The summed E-state index contributed by atoms with van der Waals surface area (Å²) in [5, 5.41) is 13.0. The Hall–Kier alpha value is -1.86. The van der Waals surface area contributed by atoms with Gasteiger partial charge in [0.05, 0.1) is 6.07 Å². The van der Waals surface area contributed by atoms with Crippen molar-refractivity contribution in [1.29, 1.82) is 5.26 Å². The molecule has 0 bridgehead atoms. The molecule has 0 saturated carbocycles. The maximum Gasteiger partial charge on any atom is 0.151 e. The maximum absolute atomic E-state index is 13.3. The second-order valence-electron chi connectivity index (χ2n) is 4.92. The number of aryl methyl sites for hydroxylation is 1. The van der Waals surface area contributed by atoms with Gasteiger partial charge in [-0.2, -0.15) is 5.26 Å². The van der Waals surface area contributed by atoms with E-state index in [2.05, 4.69) is 27.3 Å². The second-order valence-corrected chi connectivity index (χ2v) is 5.78. The van der Waals surface area contributed by atoms with Crippen LogP contribution in [0, 0.1) is 17.1 Å². The molecule has 4 heteroatoms. The molecule has 0 aliphatic heterocycles. The second kappa shape index (κ2) is 4.92. The molecule has 1 unspecified atom stereocenters. The van der Waals surface area contributed by atoms with Crippen LogP contribution in [0.1, 0.15) is 17.5 Å². The van der Waals surface area contributed by atoms with Crippen LogP contribution in [0.3, 0.4) is 0 Å². The van der Waals surface area contributed by atoms with Gasteiger partial charge in [-0.1, -0.05) is 18.2 Å². The van der Waals surface area contributed by atoms with Crippen LogP contribution in [0.15, 0.2) is 46.9 Å². The highest BCUT2D eigenvalue weighted by Gasteiger charge is 2.39. The van der Waals surface area contributed by atoms with Crippen molar-refractivity contribution < 1.29 is 4.39 Å². The number of hydrogen-bond acceptors (Lipinski definition) is 2. The number of para-hydroxylation sites is 1. The summed E-state index contributed by atoms with van der Waals surface area (Å²) < 4.78 is 14.2. The van der Waals surface area contributed by atoms with Gasteiger partial charge in [-0.25, -0.2) is 4.39 Å². The molecule has 2 aromatic carbocycles. The number of hydrogen-bond donors (Lipinski definition) is 1. The minimum Gasteiger partial charge on any atom is -0.363 e. The number of rotatable bonds is 2. The highest BCUT2D eigenvalue weighted by atomic mass is 79.9. The average molecular weight is 331 g/mol. The summed E-state index contributed by atoms with van der Waals surface area (Å²) in [5.74, 6) is -0.251. The molecule has 3 rings (SSSR count). The molecule has 0 amide bonds. The quantitative estimate of drug-likeness (QED) is 0.887. The Balaban J connectivity index is 2.04. The molecule has 0 saturated heterocycles. The fraction of sp³-hybridized carbons (Fsp3) is 0.188. The molecular weight excluding hydrogens is 319 g/mol. The number of nitriles is 1. The van der Waals surface area contributed by atoms with Gasteiger partial charge in [-0.05, 0) is 64.2 Å². The van der Waals surface area contributed by atoms with E-state index in [0.717, 1.165) is 21.3 Å². The fourth-order valence-corrected chi connectivity index (χ4v) is 3.09. The first kappa shape index (κ1) is 13.1. The lowest BCUT2D eigenvalue weighted by Crippen LogP contribution is -2.31. The van der Waals surface area contributed by atoms with E-state index in [1.807, 2.05) is 24.3 Å². The summed E-state index contributed by atoms with van der Waals surface area (Å²) in [5.41, 5.74) is 1.86. The monoisotopic (exact) mass is 330 g/mol. The lowest BCUT2D eigenvalue weighted by molar-refractivity contribution is 0.618. The van der Waals surface area contributed by atoms with Crippen LogP contribution in [-0.2, 0) is 12.0 Å². The smallest absolute Gasteiger partial charge is 0.151 e. The van der Waals surface area contributed by atoms with Gasteiger partial charge in [0, 0.05) is 10.2 Å². The van der Waals surface area contributed by atoms with E-state index >= 15 is 0 Å². The summed E-state index contributed by atoms with van der Waals surface area (Å²) in [4.78, 5) is 0. The molecular formula is C16H12BrFN2. The standard InChI is InChI=1S/C16H12BrFN2/c17-14-3-1-2-4-15(14)20-16(10-19)8-7-11-9-12(18)5-6-13(11)16/h1-6,9,20H,7-8H2. The van der Waals surface area contributed by atoms with Crippen LogP contribution in [0.4, 0.5) is 10.1 Å². The summed E-state index contributed by atoms with van der Waals surface area (Å²) in [7, 11) is 0. The molecule has 2 aromatic rings. The van der Waals surface area contributed by atoms with Crippen LogP contribution in [0.5, 0.6) is 0 Å². The van der Waals surface area contributed by atoms with E-state index in [0.29, 0.717) is 12.8 Å². The summed E-state index contributed by atoms with van der Waals surface area (Å²) in [6.07, 6.45) is 1.35. The lowest BCUT2D eigenvalue weighted by Gasteiger charge is -2.26. The molecule has 100 valence electrons. The fourth-order valence-electron chi connectivity index (χ4n) is 2.71. The van der Waals surface area contributed by atoms with Gasteiger partial charge in [-0.3, -0.25) is 0 Å². The van der Waals surface area contributed by atoms with Gasteiger partial charge in [-0.15, -0.1) is 0 Å². The van der Waals surface area contributed by atoms with Crippen molar-refractivity contribution in [2.75, 3.05) is 5.32 Å². The third-order valence-electron chi connectivity index (χ3n) is 3.71. The molecule has 1 atom stereocenters. The Kier molecular flexibility index (Phi) is 3.23. The molecule has 1 N–H and O–H groups in total. The van der Waals surface area contributed by atoms with E-state index in [-0.39, 0.29) is 5.82 Å². The van der Waals surface area contributed by atoms with Crippen molar-refractivity contribution >= 4 is 21.6 Å². The highest BCUT2D eigenvalue weighted by molar-refractivity contribution is 9.10. The first-order chi connectivity index (χ1) is 9.64. The predicted octanol–water partition coefficient (Wildman–Crippen LogP) is 4.37. The van der Waals surface area contributed by atoms with E-state index in [1.54, 1.807) is 6.07 Å². The minimum atomic E-state index is -0.785. The SMILES string of the molecule is N#CC1(Nc2ccccc2Br)CCc2cc(F)ccc21. The minimum absolute atomic E-state index is 0.251. The Labute approximate surface area is 125 Å². The third kappa shape index (κ3) is 2.08. The van der Waals surface area contributed by atoms with Crippen molar-refractivity contribution in [2.45, 2.75) is 18.4 Å². The normalized spacial score (nSPS) is 20.2. The zero-order valence-corrected chi connectivity index (χ0v) is 12.2. The van der Waals surface area contributed by atoms with Crippen LogP contribution in [0.25, 0.3) is 0 Å². The Morgan fingerprint density at radius 2 is 2.05 bits per heavy atom. The number of benzene rings is 2. The number of fused-ring (bicyclic) bond motifs is 1. The van der Waals surface area contributed by atoms with Crippen molar-refractivity contribution in [3.63, 3.8) is 0 Å². The van der Waals surface area contributed by atoms with Crippen molar-refractivity contribution in [1.82, 2.24) is 0 Å². The van der Waals surface area contributed by atoms with Gasteiger partial charge < -0.3 is 5.32 Å². The van der Waals surface area contributed by atoms with Gasteiger partial charge in [0.15, 0.2) is 5.54 Å². The van der Waals surface area contributed by atoms with E-state index in [9.17, 15) is 9.65 Å². The average Bonchev–Trinajstić information content (AvgIpc) is 2.80. The van der Waals surface area contributed by atoms with Crippen molar-refractivity contribution in [3.8, 4) is 6.07 Å². The first-order valence-electron chi connectivity index (χ1n) is 6.37. The van der Waals surface area contributed by atoms with E-state index in [1.165, 1.54) is 12.1 Å². The zero-order chi connectivity index (χ0) is 14.2. The number of halogens is 2. The maximum atomic E-state index is 13.3. The number of anilines is 1. The van der Waals surface area contributed by atoms with Crippen molar-refractivity contribution in [2.24, 2.45) is 0 Å². The molecule has 1 aliphatic carbocycles. The third-order valence-corrected chi connectivity index (χ3v) is 4.40. The zero-order valence-electron chi connectivity index (χ0n) is 10.7. The van der Waals surface area contributed by atoms with Gasteiger partial charge in [0.25, 0.3) is 0 Å². The molecule has 2 nitrogen and oxygen atoms in total. The lowest BCUT2D eigenvalue weighted by atomic mass is 9.93. The van der Waals surface area contributed by atoms with Gasteiger partial charge in [0.2, 0.25) is 0 Å². The Morgan fingerprint density at radius 1 is 1.25 bits per heavy atom. The largest absolute Gasteiger partial charge is 0.363 e. The summed E-state index contributed by atoms with van der Waals surface area (Å²) in [6, 6.07) is 14.7. The summed E-state index contributed by atoms with van der Waals surface area (Å²) in [6.45, 7) is 0. The Bertz CT molecular complexity index is 708. The molecule has 0 spiro atoms. The van der Waals surface area contributed by atoms with E-state index in [4.69, 9.17) is 0 Å². The van der Waals surface area contributed by atoms with E-state index < -0.39 is 5.54 Å². The number of nitrogens with zero attached hydrogens (tertiary/aromatic N) is 1. The van der Waals surface area contributed by atoms with Crippen LogP contribution in [0.2, 0.25) is 0 Å². The predicted molar refractivity (Wildman–Crippen MR) is 79.8 cm³/mol. The Morgan fingerprint density at radius 3 is 2.80 bits per heavy atom.